The topological polar surface area (TPSA) is 53.4 Å². The smallest absolute Gasteiger partial charge is 0.171 e. The summed E-state index contributed by atoms with van der Waals surface area (Å²) in [5.74, 6) is -0.110. The highest BCUT2D eigenvalue weighted by Crippen LogP contribution is 2.28. The first kappa shape index (κ1) is 10.0. The number of nitrogens with zero attached hydrogens (tertiary/aromatic N) is 1. The summed E-state index contributed by atoms with van der Waals surface area (Å²) in [6.07, 6.45) is 0.742. The molecule has 70 valence electrons. The van der Waals surface area contributed by atoms with E-state index in [-0.39, 0.29) is 10.9 Å². The third kappa shape index (κ3) is 1.99. The highest BCUT2D eigenvalue weighted by atomic mass is 35.5. The van der Waals surface area contributed by atoms with Crippen molar-refractivity contribution >= 4 is 17.7 Å². The standard InChI is InChI=1S/C9H10ClNO2/c1-3-6-4-7(5(2)12)11-9(10)8(6)13/h3-5,12-13H,1H2,2H3. The van der Waals surface area contributed by atoms with E-state index < -0.39 is 6.10 Å². The number of halogens is 1. The van der Waals surface area contributed by atoms with Crippen molar-refractivity contribution in [2.75, 3.05) is 0 Å². The zero-order chi connectivity index (χ0) is 10.0. The molecule has 0 spiro atoms. The van der Waals surface area contributed by atoms with Crippen LogP contribution in [0.3, 0.4) is 0 Å². The summed E-state index contributed by atoms with van der Waals surface area (Å²) in [7, 11) is 0. The lowest BCUT2D eigenvalue weighted by atomic mass is 10.1. The zero-order valence-electron chi connectivity index (χ0n) is 7.16. The number of hydrogen-bond donors (Lipinski definition) is 2. The van der Waals surface area contributed by atoms with Crippen LogP contribution in [0, 0.1) is 0 Å². The minimum Gasteiger partial charge on any atom is -0.504 e. The summed E-state index contributed by atoms with van der Waals surface area (Å²) in [6.45, 7) is 5.08. The number of aromatic hydroxyl groups is 1. The van der Waals surface area contributed by atoms with Gasteiger partial charge >= 0.3 is 0 Å². The van der Waals surface area contributed by atoms with E-state index >= 15 is 0 Å². The molecule has 0 amide bonds. The normalized spacial score (nSPS) is 12.5. The second-order valence-electron chi connectivity index (χ2n) is 2.66. The second kappa shape index (κ2) is 3.77. The van der Waals surface area contributed by atoms with Crippen LogP contribution in [0.15, 0.2) is 12.6 Å². The second-order valence-corrected chi connectivity index (χ2v) is 3.01. The predicted octanol–water partition coefficient (Wildman–Crippen LogP) is 2.14. The maximum absolute atomic E-state index is 9.36. The summed E-state index contributed by atoms with van der Waals surface area (Å²) in [5, 5.41) is 18.6. The van der Waals surface area contributed by atoms with E-state index in [1.165, 1.54) is 6.08 Å². The number of rotatable bonds is 2. The van der Waals surface area contributed by atoms with Crippen molar-refractivity contribution < 1.29 is 10.2 Å². The van der Waals surface area contributed by atoms with Crippen molar-refractivity contribution in [3.63, 3.8) is 0 Å². The molecular weight excluding hydrogens is 190 g/mol. The van der Waals surface area contributed by atoms with Crippen molar-refractivity contribution in [1.82, 2.24) is 4.98 Å². The van der Waals surface area contributed by atoms with Gasteiger partial charge in [0, 0.05) is 5.56 Å². The Morgan fingerprint density at radius 2 is 2.31 bits per heavy atom. The fourth-order valence-corrected chi connectivity index (χ4v) is 1.12. The predicted molar refractivity (Wildman–Crippen MR) is 51.6 cm³/mol. The van der Waals surface area contributed by atoms with Gasteiger partial charge in [0.05, 0.1) is 11.8 Å². The Hall–Kier alpha value is -1.06. The molecule has 1 unspecified atom stereocenters. The lowest BCUT2D eigenvalue weighted by Gasteiger charge is -2.07. The van der Waals surface area contributed by atoms with Crippen LogP contribution in [0.1, 0.15) is 24.3 Å². The zero-order valence-corrected chi connectivity index (χ0v) is 7.91. The molecule has 1 atom stereocenters. The minimum absolute atomic E-state index is 0.0201. The van der Waals surface area contributed by atoms with Crippen LogP contribution < -0.4 is 0 Å². The molecule has 0 bridgehead atoms. The fraction of sp³-hybridized carbons (Fsp3) is 0.222. The Labute approximate surface area is 81.3 Å². The van der Waals surface area contributed by atoms with Crippen molar-refractivity contribution in [3.05, 3.63) is 29.1 Å². The van der Waals surface area contributed by atoms with Gasteiger partial charge in [-0.3, -0.25) is 0 Å². The highest BCUT2D eigenvalue weighted by molar-refractivity contribution is 6.31. The average Bonchev–Trinajstić information content (AvgIpc) is 2.09. The van der Waals surface area contributed by atoms with Crippen LogP contribution in [0.25, 0.3) is 6.08 Å². The van der Waals surface area contributed by atoms with E-state index in [1.807, 2.05) is 0 Å². The lowest BCUT2D eigenvalue weighted by Crippen LogP contribution is -1.96. The molecule has 0 fully saturated rings. The largest absolute Gasteiger partial charge is 0.504 e. The molecule has 4 heteroatoms. The molecule has 1 aromatic heterocycles. The minimum atomic E-state index is -0.711. The number of hydrogen-bond acceptors (Lipinski definition) is 3. The van der Waals surface area contributed by atoms with Gasteiger partial charge in [-0.25, -0.2) is 4.98 Å². The number of aromatic nitrogens is 1. The monoisotopic (exact) mass is 199 g/mol. The third-order valence-corrected chi connectivity index (χ3v) is 1.91. The fourth-order valence-electron chi connectivity index (χ4n) is 0.915. The summed E-state index contributed by atoms with van der Waals surface area (Å²) >= 11 is 5.62. The summed E-state index contributed by atoms with van der Waals surface area (Å²) in [6, 6.07) is 1.54. The van der Waals surface area contributed by atoms with Gasteiger partial charge < -0.3 is 10.2 Å². The van der Waals surface area contributed by atoms with E-state index in [4.69, 9.17) is 11.6 Å². The Bertz CT molecular complexity index is 337. The van der Waals surface area contributed by atoms with E-state index in [2.05, 4.69) is 11.6 Å². The highest BCUT2D eigenvalue weighted by Gasteiger charge is 2.10. The molecule has 2 N–H and O–H groups in total. The SMILES string of the molecule is C=Cc1cc(C(C)O)nc(Cl)c1O. The van der Waals surface area contributed by atoms with Crippen LogP contribution in [0.2, 0.25) is 5.15 Å². The van der Waals surface area contributed by atoms with Crippen molar-refractivity contribution in [2.24, 2.45) is 0 Å². The number of aliphatic hydroxyl groups excluding tert-OH is 1. The molecule has 13 heavy (non-hydrogen) atoms. The quantitative estimate of drug-likeness (QED) is 0.718. The molecule has 1 heterocycles. The van der Waals surface area contributed by atoms with Gasteiger partial charge in [-0.2, -0.15) is 0 Å². The number of aliphatic hydroxyl groups is 1. The molecule has 3 nitrogen and oxygen atoms in total. The molecular formula is C9H10ClNO2. The van der Waals surface area contributed by atoms with E-state index in [9.17, 15) is 10.2 Å². The lowest BCUT2D eigenvalue weighted by molar-refractivity contribution is 0.194. The van der Waals surface area contributed by atoms with Gasteiger partial charge in [-0.15, -0.1) is 0 Å². The van der Waals surface area contributed by atoms with Crippen LogP contribution in [0.5, 0.6) is 5.75 Å². The maximum atomic E-state index is 9.36. The van der Waals surface area contributed by atoms with Gasteiger partial charge in [0.2, 0.25) is 0 Å². The van der Waals surface area contributed by atoms with E-state index in [0.29, 0.717) is 11.3 Å². The van der Waals surface area contributed by atoms with Gasteiger partial charge in [0.1, 0.15) is 0 Å². The molecule has 1 aromatic rings. The molecule has 0 saturated heterocycles. The number of pyridine rings is 1. The first-order valence-electron chi connectivity index (χ1n) is 3.76. The van der Waals surface area contributed by atoms with Crippen LogP contribution in [0.4, 0.5) is 0 Å². The summed E-state index contributed by atoms with van der Waals surface area (Å²) in [4.78, 5) is 3.80. The maximum Gasteiger partial charge on any atom is 0.171 e. The summed E-state index contributed by atoms with van der Waals surface area (Å²) in [5.41, 5.74) is 0.883. The molecule has 0 aromatic carbocycles. The van der Waals surface area contributed by atoms with Crippen LogP contribution in [-0.4, -0.2) is 15.2 Å². The average molecular weight is 200 g/mol. The Kier molecular flexibility index (Phi) is 2.90. The Morgan fingerprint density at radius 3 is 2.77 bits per heavy atom. The molecule has 0 radical (unpaired) electrons. The van der Waals surface area contributed by atoms with Crippen molar-refractivity contribution in [2.45, 2.75) is 13.0 Å². The molecule has 0 saturated carbocycles. The summed E-state index contributed by atoms with van der Waals surface area (Å²) < 4.78 is 0. The molecule has 1 rings (SSSR count). The molecule has 0 aliphatic heterocycles. The van der Waals surface area contributed by atoms with Crippen molar-refractivity contribution in [1.29, 1.82) is 0 Å². The third-order valence-electron chi connectivity index (χ3n) is 1.65. The van der Waals surface area contributed by atoms with Crippen molar-refractivity contribution in [3.8, 4) is 5.75 Å². The molecule has 0 aliphatic carbocycles. The Morgan fingerprint density at radius 1 is 1.69 bits per heavy atom. The molecule has 0 aliphatic rings. The van der Waals surface area contributed by atoms with E-state index in [0.717, 1.165) is 0 Å². The van der Waals surface area contributed by atoms with Crippen LogP contribution >= 0.6 is 11.6 Å². The van der Waals surface area contributed by atoms with Gasteiger partial charge in [-0.05, 0) is 13.0 Å². The van der Waals surface area contributed by atoms with Gasteiger partial charge in [-0.1, -0.05) is 24.3 Å². The first-order valence-corrected chi connectivity index (χ1v) is 4.14. The Balaban J connectivity index is 3.30. The van der Waals surface area contributed by atoms with E-state index in [1.54, 1.807) is 13.0 Å². The van der Waals surface area contributed by atoms with Gasteiger partial charge in [0.15, 0.2) is 10.9 Å². The van der Waals surface area contributed by atoms with Gasteiger partial charge in [0.25, 0.3) is 0 Å². The van der Waals surface area contributed by atoms with Crippen LogP contribution in [-0.2, 0) is 0 Å². The first-order chi connectivity index (χ1) is 6.06.